The van der Waals surface area contributed by atoms with E-state index in [1.54, 1.807) is 0 Å². The summed E-state index contributed by atoms with van der Waals surface area (Å²) in [7, 11) is 0. The first-order valence-corrected chi connectivity index (χ1v) is 6.30. The van der Waals surface area contributed by atoms with Crippen LogP contribution in [0.2, 0.25) is 0 Å². The van der Waals surface area contributed by atoms with E-state index in [0.717, 1.165) is 38.5 Å². The Morgan fingerprint density at radius 3 is 2.75 bits per heavy atom. The lowest BCUT2D eigenvalue weighted by Gasteiger charge is -2.29. The van der Waals surface area contributed by atoms with Gasteiger partial charge >= 0.3 is 0 Å². The van der Waals surface area contributed by atoms with Crippen molar-refractivity contribution in [2.75, 3.05) is 13.2 Å². The summed E-state index contributed by atoms with van der Waals surface area (Å²) in [6, 6.07) is 0. The SMILES string of the molecule is CCOC1(C(=O)C2=CCCCO2)CCCC1. The van der Waals surface area contributed by atoms with Gasteiger partial charge in [0.2, 0.25) is 5.78 Å². The van der Waals surface area contributed by atoms with Crippen LogP contribution in [0.4, 0.5) is 0 Å². The summed E-state index contributed by atoms with van der Waals surface area (Å²) in [5, 5.41) is 0. The van der Waals surface area contributed by atoms with Crippen LogP contribution in [-0.4, -0.2) is 24.6 Å². The van der Waals surface area contributed by atoms with Gasteiger partial charge in [-0.2, -0.15) is 0 Å². The molecule has 0 radical (unpaired) electrons. The zero-order valence-electron chi connectivity index (χ0n) is 9.96. The van der Waals surface area contributed by atoms with Gasteiger partial charge in [-0.15, -0.1) is 0 Å². The average molecular weight is 224 g/mol. The van der Waals surface area contributed by atoms with E-state index in [0.29, 0.717) is 19.0 Å². The van der Waals surface area contributed by atoms with Crippen LogP contribution in [-0.2, 0) is 14.3 Å². The lowest BCUT2D eigenvalue weighted by molar-refractivity contribution is -0.143. The molecular weight excluding hydrogens is 204 g/mol. The zero-order valence-corrected chi connectivity index (χ0v) is 9.96. The summed E-state index contributed by atoms with van der Waals surface area (Å²) in [5.74, 6) is 0.619. The van der Waals surface area contributed by atoms with E-state index in [1.165, 1.54) is 0 Å². The normalized spacial score (nSPS) is 23.7. The highest BCUT2D eigenvalue weighted by Crippen LogP contribution is 2.36. The van der Waals surface area contributed by atoms with Gasteiger partial charge < -0.3 is 9.47 Å². The van der Waals surface area contributed by atoms with E-state index in [9.17, 15) is 4.79 Å². The molecule has 16 heavy (non-hydrogen) atoms. The molecular formula is C13H20O3. The minimum absolute atomic E-state index is 0.0755. The summed E-state index contributed by atoms with van der Waals surface area (Å²) in [5.41, 5.74) is -0.572. The summed E-state index contributed by atoms with van der Waals surface area (Å²) in [6.07, 6.45) is 7.74. The molecule has 3 nitrogen and oxygen atoms in total. The van der Waals surface area contributed by atoms with Gasteiger partial charge in [0, 0.05) is 6.61 Å². The van der Waals surface area contributed by atoms with Crippen molar-refractivity contribution < 1.29 is 14.3 Å². The highest BCUT2D eigenvalue weighted by Gasteiger charge is 2.44. The summed E-state index contributed by atoms with van der Waals surface area (Å²) in [6.45, 7) is 3.21. The van der Waals surface area contributed by atoms with E-state index in [-0.39, 0.29) is 5.78 Å². The molecule has 0 N–H and O–H groups in total. The first kappa shape index (κ1) is 11.6. The molecule has 2 rings (SSSR count). The summed E-state index contributed by atoms with van der Waals surface area (Å²) >= 11 is 0. The lowest BCUT2D eigenvalue weighted by atomic mass is 9.93. The molecule has 1 saturated carbocycles. The molecule has 1 fully saturated rings. The van der Waals surface area contributed by atoms with Gasteiger partial charge in [0.05, 0.1) is 6.61 Å². The minimum Gasteiger partial charge on any atom is -0.490 e. The fraction of sp³-hybridized carbons (Fsp3) is 0.769. The third-order valence-corrected chi connectivity index (χ3v) is 3.41. The number of hydrogen-bond donors (Lipinski definition) is 0. The van der Waals surface area contributed by atoms with Crippen LogP contribution >= 0.6 is 0 Å². The second-order valence-electron chi connectivity index (χ2n) is 4.52. The Morgan fingerprint density at radius 2 is 2.19 bits per heavy atom. The van der Waals surface area contributed by atoms with Crippen molar-refractivity contribution in [1.29, 1.82) is 0 Å². The molecule has 0 atom stereocenters. The standard InChI is InChI=1S/C13H20O3/c1-2-16-13(8-4-5-9-13)12(14)11-7-3-6-10-15-11/h7H,2-6,8-10H2,1H3. The monoisotopic (exact) mass is 224 g/mol. The second-order valence-corrected chi connectivity index (χ2v) is 4.52. The number of Topliss-reactive ketones (excluding diaryl/α,β-unsaturated/α-hetero) is 1. The van der Waals surface area contributed by atoms with E-state index in [2.05, 4.69) is 0 Å². The molecule has 1 aliphatic carbocycles. The Bertz CT molecular complexity index is 288. The molecule has 2 aliphatic rings. The van der Waals surface area contributed by atoms with Crippen molar-refractivity contribution in [3.05, 3.63) is 11.8 Å². The molecule has 1 heterocycles. The minimum atomic E-state index is -0.572. The van der Waals surface area contributed by atoms with E-state index in [1.807, 2.05) is 13.0 Å². The maximum Gasteiger partial charge on any atom is 0.228 e. The maximum absolute atomic E-state index is 12.4. The third kappa shape index (κ3) is 2.14. The smallest absolute Gasteiger partial charge is 0.228 e. The van der Waals surface area contributed by atoms with Gasteiger partial charge in [-0.3, -0.25) is 4.79 Å². The number of allylic oxidation sites excluding steroid dienone is 1. The van der Waals surface area contributed by atoms with Crippen molar-refractivity contribution in [2.45, 2.75) is 51.0 Å². The highest BCUT2D eigenvalue weighted by molar-refractivity contribution is 6.00. The first-order valence-electron chi connectivity index (χ1n) is 6.30. The Hall–Kier alpha value is -0.830. The fourth-order valence-corrected chi connectivity index (χ4v) is 2.60. The summed E-state index contributed by atoms with van der Waals surface area (Å²) in [4.78, 5) is 12.4. The Balaban J connectivity index is 2.13. The molecule has 0 aromatic carbocycles. The number of ketones is 1. The molecule has 0 unspecified atom stereocenters. The van der Waals surface area contributed by atoms with Crippen molar-refractivity contribution in [3.8, 4) is 0 Å². The van der Waals surface area contributed by atoms with Crippen molar-refractivity contribution in [3.63, 3.8) is 0 Å². The molecule has 90 valence electrons. The molecule has 0 aromatic rings. The predicted molar refractivity (Wildman–Crippen MR) is 61.1 cm³/mol. The van der Waals surface area contributed by atoms with Crippen molar-refractivity contribution in [1.82, 2.24) is 0 Å². The third-order valence-electron chi connectivity index (χ3n) is 3.41. The van der Waals surface area contributed by atoms with Gasteiger partial charge in [0.15, 0.2) is 5.76 Å². The van der Waals surface area contributed by atoms with Crippen LogP contribution in [0.3, 0.4) is 0 Å². The molecule has 0 aromatic heterocycles. The van der Waals surface area contributed by atoms with Crippen LogP contribution in [0.15, 0.2) is 11.8 Å². The predicted octanol–water partition coefficient (Wildman–Crippen LogP) is 2.60. The van der Waals surface area contributed by atoms with Gasteiger partial charge in [0.25, 0.3) is 0 Å². The number of rotatable bonds is 4. The number of carbonyl (C=O) groups is 1. The van der Waals surface area contributed by atoms with Crippen LogP contribution in [0.25, 0.3) is 0 Å². The van der Waals surface area contributed by atoms with Gasteiger partial charge in [0.1, 0.15) is 5.60 Å². The topological polar surface area (TPSA) is 35.5 Å². The number of hydrogen-bond acceptors (Lipinski definition) is 3. The van der Waals surface area contributed by atoms with Crippen LogP contribution in [0, 0.1) is 0 Å². The van der Waals surface area contributed by atoms with Gasteiger partial charge in [-0.05, 0) is 51.5 Å². The Labute approximate surface area is 96.8 Å². The first-order chi connectivity index (χ1) is 7.78. The maximum atomic E-state index is 12.4. The van der Waals surface area contributed by atoms with Gasteiger partial charge in [-0.25, -0.2) is 0 Å². The van der Waals surface area contributed by atoms with Crippen molar-refractivity contribution >= 4 is 5.78 Å². The van der Waals surface area contributed by atoms with Crippen LogP contribution in [0.1, 0.15) is 45.4 Å². The van der Waals surface area contributed by atoms with E-state index < -0.39 is 5.60 Å². The lowest BCUT2D eigenvalue weighted by Crippen LogP contribution is -2.40. The zero-order chi connectivity index (χ0) is 11.4. The van der Waals surface area contributed by atoms with Crippen LogP contribution < -0.4 is 0 Å². The summed E-state index contributed by atoms with van der Waals surface area (Å²) < 4.78 is 11.2. The van der Waals surface area contributed by atoms with Crippen molar-refractivity contribution in [2.24, 2.45) is 0 Å². The quantitative estimate of drug-likeness (QED) is 0.736. The molecule has 0 amide bonds. The van der Waals surface area contributed by atoms with Crippen LogP contribution in [0.5, 0.6) is 0 Å². The molecule has 0 saturated heterocycles. The fourth-order valence-electron chi connectivity index (χ4n) is 2.60. The van der Waals surface area contributed by atoms with E-state index >= 15 is 0 Å². The molecule has 3 heteroatoms. The highest BCUT2D eigenvalue weighted by atomic mass is 16.5. The Kier molecular flexibility index (Phi) is 3.64. The molecule has 0 bridgehead atoms. The molecule has 1 aliphatic heterocycles. The second kappa shape index (κ2) is 5.00. The number of carbonyl (C=O) groups excluding carboxylic acids is 1. The Morgan fingerprint density at radius 1 is 1.44 bits per heavy atom. The largest absolute Gasteiger partial charge is 0.490 e. The van der Waals surface area contributed by atoms with E-state index in [4.69, 9.17) is 9.47 Å². The average Bonchev–Trinajstić information content (AvgIpc) is 2.80. The van der Waals surface area contributed by atoms with Gasteiger partial charge in [-0.1, -0.05) is 0 Å². The number of ether oxygens (including phenoxy) is 2. The molecule has 0 spiro atoms.